The third-order valence-electron chi connectivity index (χ3n) is 7.83. The summed E-state index contributed by atoms with van der Waals surface area (Å²) in [6.45, 7) is 2.67. The lowest BCUT2D eigenvalue weighted by atomic mass is 9.95. The molecule has 0 aliphatic carbocycles. The first kappa shape index (κ1) is 32.5. The van der Waals surface area contributed by atoms with Crippen LogP contribution in [-0.2, 0) is 9.59 Å². The predicted molar refractivity (Wildman–Crippen MR) is 167 cm³/mol. The van der Waals surface area contributed by atoms with Crippen LogP contribution in [0, 0.1) is 10.1 Å². The van der Waals surface area contributed by atoms with Gasteiger partial charge in [0.05, 0.1) is 16.5 Å². The number of unbranched alkanes of at least 4 members (excludes halogenated alkanes) is 13. The predicted octanol–water partition coefficient (Wildman–Crippen LogP) is 9.26. The topological polar surface area (TPSA) is 101 Å². The zero-order valence-electron chi connectivity index (χ0n) is 24.2. The minimum Gasteiger partial charge on any atom is -0.507 e. The summed E-state index contributed by atoms with van der Waals surface area (Å²) in [5.74, 6) is -1.69. The van der Waals surface area contributed by atoms with Crippen LogP contribution in [0.3, 0.4) is 0 Å². The molecular weight excluding hydrogens is 584 g/mol. The third kappa shape index (κ3) is 9.52. The maximum Gasteiger partial charge on any atom is 0.295 e. The van der Waals surface area contributed by atoms with Crippen LogP contribution >= 0.6 is 15.9 Å². The maximum absolute atomic E-state index is 13.2. The van der Waals surface area contributed by atoms with Crippen molar-refractivity contribution in [2.45, 2.75) is 103 Å². The van der Waals surface area contributed by atoms with Gasteiger partial charge in [-0.2, -0.15) is 0 Å². The van der Waals surface area contributed by atoms with E-state index in [1.54, 1.807) is 4.90 Å². The third-order valence-corrected chi connectivity index (χ3v) is 8.36. The van der Waals surface area contributed by atoms with Gasteiger partial charge in [-0.3, -0.25) is 19.7 Å². The Kier molecular flexibility index (Phi) is 13.5. The number of amides is 1. The van der Waals surface area contributed by atoms with Gasteiger partial charge in [0, 0.05) is 28.7 Å². The van der Waals surface area contributed by atoms with E-state index < -0.39 is 22.7 Å². The molecule has 1 aliphatic rings. The molecule has 8 heteroatoms. The number of non-ortho nitro benzene ring substituents is 1. The lowest BCUT2D eigenvalue weighted by Gasteiger charge is -2.25. The first-order valence-corrected chi connectivity index (χ1v) is 15.9. The fourth-order valence-corrected chi connectivity index (χ4v) is 5.74. The monoisotopic (exact) mass is 626 g/mol. The van der Waals surface area contributed by atoms with Crippen LogP contribution in [0.4, 0.5) is 5.69 Å². The molecule has 1 fully saturated rings. The van der Waals surface area contributed by atoms with Crippen LogP contribution in [0.1, 0.15) is 114 Å². The number of ketones is 1. The molecule has 41 heavy (non-hydrogen) atoms. The van der Waals surface area contributed by atoms with E-state index in [0.29, 0.717) is 6.54 Å². The molecule has 0 saturated carbocycles. The second kappa shape index (κ2) is 17.1. The van der Waals surface area contributed by atoms with E-state index in [1.807, 2.05) is 24.3 Å². The van der Waals surface area contributed by atoms with E-state index in [-0.39, 0.29) is 22.6 Å². The van der Waals surface area contributed by atoms with Gasteiger partial charge < -0.3 is 10.0 Å². The Morgan fingerprint density at radius 3 is 1.78 bits per heavy atom. The number of hydrogen-bond donors (Lipinski definition) is 1. The van der Waals surface area contributed by atoms with Gasteiger partial charge >= 0.3 is 0 Å². The lowest BCUT2D eigenvalue weighted by Crippen LogP contribution is -2.30. The normalized spacial score (nSPS) is 16.4. The fraction of sp³-hybridized carbons (Fsp3) is 0.515. The number of hydrogen-bond acceptors (Lipinski definition) is 5. The number of nitrogens with zero attached hydrogens (tertiary/aromatic N) is 2. The van der Waals surface area contributed by atoms with Gasteiger partial charge in [-0.05, 0) is 36.2 Å². The van der Waals surface area contributed by atoms with Crippen molar-refractivity contribution in [3.63, 3.8) is 0 Å². The van der Waals surface area contributed by atoms with Crippen molar-refractivity contribution >= 4 is 39.1 Å². The molecule has 1 saturated heterocycles. The van der Waals surface area contributed by atoms with Gasteiger partial charge in [-0.1, -0.05) is 118 Å². The van der Waals surface area contributed by atoms with E-state index in [0.717, 1.165) is 29.3 Å². The van der Waals surface area contributed by atoms with Crippen LogP contribution in [-0.4, -0.2) is 33.2 Å². The molecule has 0 bridgehead atoms. The molecule has 7 nitrogen and oxygen atoms in total. The Labute approximate surface area is 252 Å². The van der Waals surface area contributed by atoms with Crippen molar-refractivity contribution in [3.05, 3.63) is 79.8 Å². The highest BCUT2D eigenvalue weighted by Gasteiger charge is 2.45. The van der Waals surface area contributed by atoms with Crippen LogP contribution < -0.4 is 0 Å². The Morgan fingerprint density at radius 1 is 0.805 bits per heavy atom. The number of carbonyl (C=O) groups is 2. The van der Waals surface area contributed by atoms with Crippen molar-refractivity contribution < 1.29 is 19.6 Å². The number of rotatable bonds is 18. The highest BCUT2D eigenvalue weighted by Crippen LogP contribution is 2.40. The molecule has 0 unspecified atom stereocenters. The Balaban J connectivity index is 1.56. The maximum atomic E-state index is 13.2. The molecule has 1 amide bonds. The van der Waals surface area contributed by atoms with Gasteiger partial charge in [-0.15, -0.1) is 0 Å². The number of nitro groups is 1. The summed E-state index contributed by atoms with van der Waals surface area (Å²) in [5.41, 5.74) is 0.870. The molecule has 0 aromatic heterocycles. The molecular formula is C33H43BrN2O5. The molecule has 222 valence electrons. The summed E-state index contributed by atoms with van der Waals surface area (Å²) in [4.78, 5) is 38.4. The van der Waals surface area contributed by atoms with Gasteiger partial charge in [0.25, 0.3) is 17.4 Å². The quantitative estimate of drug-likeness (QED) is 0.0443. The highest BCUT2D eigenvalue weighted by molar-refractivity contribution is 9.10. The minimum atomic E-state index is -0.737. The Bertz CT molecular complexity index is 1180. The highest BCUT2D eigenvalue weighted by atomic mass is 79.9. The zero-order valence-corrected chi connectivity index (χ0v) is 25.7. The SMILES string of the molecule is CCCCCCCCCCCCCCCCN1C(=O)C(=O)/C(=C(/O)c2ccc([N+](=O)[O-])cc2)[C@H]1c1ccc(Br)cc1. The van der Waals surface area contributed by atoms with Gasteiger partial charge in [-0.25, -0.2) is 0 Å². The van der Waals surface area contributed by atoms with E-state index in [2.05, 4.69) is 22.9 Å². The summed E-state index contributed by atoms with van der Waals surface area (Å²) < 4.78 is 0.862. The van der Waals surface area contributed by atoms with Crippen molar-refractivity contribution in [2.24, 2.45) is 0 Å². The second-order valence-corrected chi connectivity index (χ2v) is 11.9. The number of Topliss-reactive ketones (excluding diaryl/α,β-unsaturated/α-hetero) is 1. The van der Waals surface area contributed by atoms with E-state index in [1.165, 1.54) is 94.9 Å². The van der Waals surface area contributed by atoms with Crippen molar-refractivity contribution in [3.8, 4) is 0 Å². The molecule has 3 rings (SSSR count). The van der Waals surface area contributed by atoms with Crippen LogP contribution in [0.2, 0.25) is 0 Å². The summed E-state index contributed by atoms with van der Waals surface area (Å²) >= 11 is 3.43. The average molecular weight is 628 g/mol. The number of aliphatic hydroxyl groups excluding tert-OH is 1. The minimum absolute atomic E-state index is 0.0107. The number of likely N-dealkylation sites (tertiary alicyclic amines) is 1. The summed E-state index contributed by atoms with van der Waals surface area (Å²) in [7, 11) is 0. The van der Waals surface area contributed by atoms with Crippen molar-refractivity contribution in [1.29, 1.82) is 0 Å². The molecule has 0 radical (unpaired) electrons. The Morgan fingerprint density at radius 2 is 1.29 bits per heavy atom. The number of aliphatic hydroxyl groups is 1. The molecule has 1 heterocycles. The number of benzene rings is 2. The lowest BCUT2D eigenvalue weighted by molar-refractivity contribution is -0.384. The van der Waals surface area contributed by atoms with Gasteiger partial charge in [0.15, 0.2) is 0 Å². The first-order valence-electron chi connectivity index (χ1n) is 15.1. The zero-order chi connectivity index (χ0) is 29.6. The molecule has 0 spiro atoms. The molecule has 1 aliphatic heterocycles. The molecule has 1 N–H and O–H groups in total. The largest absolute Gasteiger partial charge is 0.507 e. The second-order valence-electron chi connectivity index (χ2n) is 10.9. The van der Waals surface area contributed by atoms with Gasteiger partial charge in [0.1, 0.15) is 5.76 Å². The summed E-state index contributed by atoms with van der Waals surface area (Å²) in [6.07, 6.45) is 17.3. The molecule has 2 aromatic rings. The number of nitro benzene ring substituents is 1. The van der Waals surface area contributed by atoms with Crippen LogP contribution in [0.15, 0.2) is 58.6 Å². The van der Waals surface area contributed by atoms with Crippen LogP contribution in [0.5, 0.6) is 0 Å². The van der Waals surface area contributed by atoms with Gasteiger partial charge in [0.2, 0.25) is 0 Å². The van der Waals surface area contributed by atoms with E-state index in [4.69, 9.17) is 0 Å². The van der Waals surface area contributed by atoms with E-state index in [9.17, 15) is 24.8 Å². The Hall–Kier alpha value is -3.00. The van der Waals surface area contributed by atoms with Crippen LogP contribution in [0.25, 0.3) is 5.76 Å². The average Bonchev–Trinajstić information content (AvgIpc) is 3.22. The first-order chi connectivity index (χ1) is 19.8. The number of halogens is 1. The molecule has 2 aromatic carbocycles. The smallest absolute Gasteiger partial charge is 0.295 e. The summed E-state index contributed by atoms with van der Waals surface area (Å²) in [6, 6.07) is 12.0. The summed E-state index contributed by atoms with van der Waals surface area (Å²) in [5, 5.41) is 22.2. The fourth-order valence-electron chi connectivity index (χ4n) is 5.48. The van der Waals surface area contributed by atoms with Crippen molar-refractivity contribution in [1.82, 2.24) is 4.90 Å². The number of carbonyl (C=O) groups excluding carboxylic acids is 2. The molecule has 1 atom stereocenters. The van der Waals surface area contributed by atoms with E-state index >= 15 is 0 Å². The van der Waals surface area contributed by atoms with Crippen molar-refractivity contribution in [2.75, 3.05) is 6.54 Å². The standard InChI is InChI=1S/C33H43BrN2O5/c1-2-3-4-5-6-7-8-9-10-11-12-13-14-15-24-35-30(25-16-20-27(34)21-17-25)29(32(38)33(35)39)31(37)26-18-22-28(23-19-26)36(40)41/h16-23,30,37H,2-15,24H2,1H3/b31-29+/t30-/m1/s1.